The number of rotatable bonds is 1. The second-order valence-electron chi connectivity index (χ2n) is 7.97. The molecule has 3 aromatic heterocycles. The summed E-state index contributed by atoms with van der Waals surface area (Å²) in [4.78, 5) is 4.22. The van der Waals surface area contributed by atoms with Crippen LogP contribution >= 0.6 is 0 Å². The molecule has 0 saturated carbocycles. The van der Waals surface area contributed by atoms with Crippen LogP contribution in [0.5, 0.6) is 0 Å². The van der Waals surface area contributed by atoms with Crippen LogP contribution in [0.1, 0.15) is 38.6 Å². The van der Waals surface area contributed by atoms with Gasteiger partial charge in [0.15, 0.2) is 6.20 Å². The topological polar surface area (TPSA) is 29.9 Å². The number of aromatic nitrogens is 2. The van der Waals surface area contributed by atoms with E-state index in [1.165, 1.54) is 12.3 Å². The first-order valence-corrected chi connectivity index (χ1v) is 9.87. The largest absolute Gasteiger partial charge is 0.454 e. The van der Waals surface area contributed by atoms with Crippen LogP contribution in [-0.2, 0) is 12.5 Å². The predicted octanol–water partition coefficient (Wildman–Crippen LogP) is 6.09. The molecular weight excluding hydrogens is 368 g/mol. The second-order valence-corrected chi connectivity index (χ2v) is 7.97. The molecule has 0 spiro atoms. The first-order chi connectivity index (χ1) is 17.0. The predicted molar refractivity (Wildman–Crippen MR) is 120 cm³/mol. The number of hydrogen-bond acceptors (Lipinski definition) is 2. The summed E-state index contributed by atoms with van der Waals surface area (Å²) < 4.78 is 59.2. The molecule has 2 aromatic carbocycles. The van der Waals surface area contributed by atoms with E-state index in [1.54, 1.807) is 18.3 Å². The van der Waals surface area contributed by atoms with Crippen LogP contribution in [0.4, 0.5) is 0 Å². The molecule has 0 fully saturated rings. The molecule has 3 heterocycles. The fraction of sp³-hybridized carbons (Fsp3) is 0.185. The minimum atomic E-state index is -2.83. The van der Waals surface area contributed by atoms with E-state index in [2.05, 4.69) is 4.98 Å². The summed E-state index contributed by atoms with van der Waals surface area (Å²) in [7, 11) is 1.97. The van der Waals surface area contributed by atoms with Crippen LogP contribution in [0.3, 0.4) is 0 Å². The Labute approximate surface area is 184 Å². The van der Waals surface area contributed by atoms with E-state index in [4.69, 9.17) is 12.6 Å². The molecule has 0 N–H and O–H groups in total. The molecule has 1 aliphatic rings. The summed E-state index contributed by atoms with van der Waals surface area (Å²) in [5, 5.41) is 1.67. The summed E-state index contributed by atoms with van der Waals surface area (Å²) >= 11 is 0. The van der Waals surface area contributed by atoms with Gasteiger partial charge in [0.1, 0.15) is 18.2 Å². The number of furan rings is 1. The highest BCUT2D eigenvalue weighted by molar-refractivity contribution is 6.14. The van der Waals surface area contributed by atoms with Gasteiger partial charge in [-0.2, -0.15) is 0 Å². The maximum absolute atomic E-state index is 8.43. The molecule has 0 unspecified atom stereocenters. The van der Waals surface area contributed by atoms with Gasteiger partial charge in [-0.15, -0.1) is 0 Å². The molecule has 0 amide bonds. The number of benzene rings is 2. The highest BCUT2D eigenvalue weighted by Gasteiger charge is 2.38. The maximum atomic E-state index is 8.43. The average Bonchev–Trinajstić information content (AvgIpc) is 3.33. The minimum absolute atomic E-state index is 0.223. The SMILES string of the molecule is [2H]C([2H])([2H])C1(C([2H])([2H])[2H])c2ccncc2-c2c1ccc1c2oc2c(-c3cccc[n+]3C)c(C)ccc21. The van der Waals surface area contributed by atoms with Gasteiger partial charge in [0.2, 0.25) is 5.69 Å². The summed E-state index contributed by atoms with van der Waals surface area (Å²) in [6.45, 7) is -3.65. The highest BCUT2D eigenvalue weighted by atomic mass is 16.3. The van der Waals surface area contributed by atoms with Crippen LogP contribution in [0.25, 0.3) is 44.3 Å². The lowest BCUT2D eigenvalue weighted by Crippen LogP contribution is -2.30. The van der Waals surface area contributed by atoms with E-state index >= 15 is 0 Å². The van der Waals surface area contributed by atoms with Crippen molar-refractivity contribution in [3.05, 3.63) is 83.8 Å². The van der Waals surface area contributed by atoms with Crippen molar-refractivity contribution < 1.29 is 17.2 Å². The van der Waals surface area contributed by atoms with E-state index in [1.807, 2.05) is 55.1 Å². The van der Waals surface area contributed by atoms with Crippen molar-refractivity contribution in [1.82, 2.24) is 4.98 Å². The molecule has 0 atom stereocenters. The van der Waals surface area contributed by atoms with Crippen molar-refractivity contribution in [3.8, 4) is 22.4 Å². The van der Waals surface area contributed by atoms with E-state index < -0.39 is 19.1 Å². The van der Waals surface area contributed by atoms with Crippen molar-refractivity contribution >= 4 is 21.9 Å². The standard InChI is InChI=1S/C27H23N2O/c1-16-8-9-17-18-10-11-21-24(19-15-28-13-12-20(19)27(21,2)3)26(18)30-25(17)23(16)22-7-5-6-14-29(22)4/h5-15H,1-4H3/q+1/i2D3,3D3. The number of nitrogens with zero attached hydrogens (tertiary/aromatic N) is 2. The summed E-state index contributed by atoms with van der Waals surface area (Å²) in [6.07, 6.45) is 4.96. The van der Waals surface area contributed by atoms with Crippen molar-refractivity contribution in [2.45, 2.75) is 26.0 Å². The Morgan fingerprint density at radius 3 is 2.53 bits per heavy atom. The number of fused-ring (bicyclic) bond motifs is 7. The van der Waals surface area contributed by atoms with Crippen LogP contribution in [0, 0.1) is 6.92 Å². The molecule has 6 rings (SSSR count). The first kappa shape index (κ1) is 12.3. The highest BCUT2D eigenvalue weighted by Crippen LogP contribution is 2.52. The fourth-order valence-electron chi connectivity index (χ4n) is 4.75. The van der Waals surface area contributed by atoms with E-state index in [9.17, 15) is 0 Å². The summed E-state index contributed by atoms with van der Waals surface area (Å²) in [5.41, 5.74) is 3.30. The van der Waals surface area contributed by atoms with Gasteiger partial charge in [-0.3, -0.25) is 4.98 Å². The molecule has 0 saturated heterocycles. The van der Waals surface area contributed by atoms with Crippen molar-refractivity contribution in [1.29, 1.82) is 0 Å². The van der Waals surface area contributed by atoms with E-state index in [0.29, 0.717) is 22.3 Å². The van der Waals surface area contributed by atoms with E-state index in [-0.39, 0.29) is 11.1 Å². The Hall–Kier alpha value is -3.46. The Morgan fingerprint density at radius 1 is 0.933 bits per heavy atom. The van der Waals surface area contributed by atoms with Gasteiger partial charge in [-0.1, -0.05) is 38.0 Å². The first-order valence-electron chi connectivity index (χ1n) is 12.9. The van der Waals surface area contributed by atoms with Crippen LogP contribution < -0.4 is 4.57 Å². The molecule has 146 valence electrons. The number of pyridine rings is 2. The Balaban J connectivity index is 1.79. The third-order valence-corrected chi connectivity index (χ3v) is 6.23. The Bertz CT molecular complexity index is 1680. The minimum Gasteiger partial charge on any atom is -0.454 e. The molecule has 1 aliphatic carbocycles. The Morgan fingerprint density at radius 2 is 1.73 bits per heavy atom. The zero-order valence-electron chi connectivity index (χ0n) is 22.7. The van der Waals surface area contributed by atoms with Crippen LogP contribution in [0.15, 0.2) is 71.5 Å². The Kier molecular flexibility index (Phi) is 2.37. The molecule has 0 aliphatic heterocycles. The van der Waals surface area contributed by atoms with Crippen molar-refractivity contribution in [2.75, 3.05) is 0 Å². The lowest BCUT2D eigenvalue weighted by Gasteiger charge is -2.20. The van der Waals surface area contributed by atoms with Gasteiger partial charge in [-0.25, -0.2) is 4.57 Å². The third-order valence-electron chi connectivity index (χ3n) is 6.23. The normalized spacial score (nSPS) is 18.1. The van der Waals surface area contributed by atoms with Gasteiger partial charge in [0.25, 0.3) is 0 Å². The number of aryl methyl sites for hydroxylation is 2. The fourth-order valence-corrected chi connectivity index (χ4v) is 4.75. The third kappa shape index (κ3) is 2.10. The average molecular weight is 398 g/mol. The summed E-state index contributed by atoms with van der Waals surface area (Å²) in [6, 6.07) is 14.9. The van der Waals surface area contributed by atoms with Gasteiger partial charge >= 0.3 is 0 Å². The zero-order chi connectivity index (χ0) is 25.6. The number of hydrogen-bond donors (Lipinski definition) is 0. The maximum Gasteiger partial charge on any atom is 0.216 e. The molecular formula is C27H23N2O+. The molecule has 3 nitrogen and oxygen atoms in total. The molecule has 5 aromatic rings. The monoisotopic (exact) mass is 397 g/mol. The lowest BCUT2D eigenvalue weighted by atomic mass is 9.82. The molecule has 3 heteroatoms. The van der Waals surface area contributed by atoms with Crippen molar-refractivity contribution in [2.24, 2.45) is 7.05 Å². The van der Waals surface area contributed by atoms with Gasteiger partial charge in [0, 0.05) is 60.1 Å². The second kappa shape index (κ2) is 5.79. The van der Waals surface area contributed by atoms with E-state index in [0.717, 1.165) is 27.6 Å². The van der Waals surface area contributed by atoms with Crippen molar-refractivity contribution in [3.63, 3.8) is 0 Å². The van der Waals surface area contributed by atoms with Gasteiger partial charge in [0.05, 0.1) is 5.56 Å². The van der Waals surface area contributed by atoms with Crippen LogP contribution in [0.2, 0.25) is 0 Å². The molecule has 30 heavy (non-hydrogen) atoms. The molecule has 0 radical (unpaired) electrons. The van der Waals surface area contributed by atoms with Gasteiger partial charge in [-0.05, 0) is 35.7 Å². The van der Waals surface area contributed by atoms with Crippen LogP contribution in [-0.4, -0.2) is 4.98 Å². The smallest absolute Gasteiger partial charge is 0.216 e. The molecule has 0 bridgehead atoms. The lowest BCUT2D eigenvalue weighted by molar-refractivity contribution is -0.660. The zero-order valence-corrected chi connectivity index (χ0v) is 16.7. The van der Waals surface area contributed by atoms with Gasteiger partial charge < -0.3 is 4.42 Å². The summed E-state index contributed by atoms with van der Waals surface area (Å²) in [5.74, 6) is 0. The quantitative estimate of drug-likeness (QED) is 0.321.